The monoisotopic (exact) mass is 470 g/mol. The summed E-state index contributed by atoms with van der Waals surface area (Å²) in [5.74, 6) is 0.833. The van der Waals surface area contributed by atoms with Gasteiger partial charge in [-0.05, 0) is 12.5 Å². The van der Waals surface area contributed by atoms with Gasteiger partial charge in [0.05, 0.1) is 85.8 Å². The van der Waals surface area contributed by atoms with Gasteiger partial charge in [0.25, 0.3) is 0 Å². The number of rotatable bonds is 24. The highest BCUT2D eigenvalue weighted by Gasteiger charge is 2.04. The Bertz CT molecular complexity index is 353. The number of hydrogen-bond acceptors (Lipinski definition) is 8. The van der Waals surface area contributed by atoms with E-state index in [0.29, 0.717) is 79.1 Å². The Labute approximate surface area is 194 Å². The highest BCUT2D eigenvalue weighted by Crippen LogP contribution is 1.90. The van der Waals surface area contributed by atoms with E-state index < -0.39 is 6.17 Å². The second-order valence-corrected chi connectivity index (χ2v) is 7.35. The fourth-order valence-electron chi connectivity index (χ4n) is 1.87. The van der Waals surface area contributed by atoms with E-state index in [0.717, 1.165) is 19.0 Å². The molecule has 0 aliphatic rings. The molecule has 9 nitrogen and oxygen atoms in total. The molecule has 0 saturated carbocycles. The first-order chi connectivity index (χ1) is 15.5. The van der Waals surface area contributed by atoms with Crippen LogP contribution in [0.4, 0.5) is 4.39 Å². The van der Waals surface area contributed by atoms with Gasteiger partial charge in [-0.15, -0.1) is 0 Å². The molecule has 32 heavy (non-hydrogen) atoms. The molecule has 0 rings (SSSR count). The number of ether oxygens (including phenoxy) is 6. The standard InChI is InChI=1S/C18H37FN2O7.C4H10/c1-2-20-3-4-23-5-6-24-7-8-25-9-10-26-11-12-27-13-14-28-16-18(19)15-21-17-22;1-4(2)3/h17-18,20H,2-16H2,1H3,(H,21,22);4H,1-3H3. The number of amides is 1. The van der Waals surface area contributed by atoms with E-state index in [2.05, 4.69) is 38.3 Å². The number of alkyl halides is 1. The van der Waals surface area contributed by atoms with Crippen LogP contribution in [0.15, 0.2) is 0 Å². The van der Waals surface area contributed by atoms with Crippen LogP contribution >= 0.6 is 0 Å². The zero-order chi connectivity index (χ0) is 24.1. The molecule has 2 N–H and O–H groups in total. The average Bonchev–Trinajstić information content (AvgIpc) is 2.76. The molecule has 0 bridgehead atoms. The van der Waals surface area contributed by atoms with Gasteiger partial charge < -0.3 is 39.1 Å². The van der Waals surface area contributed by atoms with Gasteiger partial charge >= 0.3 is 0 Å². The SMILES string of the molecule is CC(C)C.CCNCCOCCOCCOCCOCCOCCOCC(F)CNC=O. The summed E-state index contributed by atoms with van der Waals surface area (Å²) in [6.07, 6.45) is -0.750. The van der Waals surface area contributed by atoms with Crippen LogP contribution in [0.3, 0.4) is 0 Å². The molecule has 0 spiro atoms. The van der Waals surface area contributed by atoms with Gasteiger partial charge in [0.15, 0.2) is 0 Å². The summed E-state index contributed by atoms with van der Waals surface area (Å²) >= 11 is 0. The van der Waals surface area contributed by atoms with Gasteiger partial charge in [-0.25, -0.2) is 4.39 Å². The summed E-state index contributed by atoms with van der Waals surface area (Å²) in [5.41, 5.74) is 0. The summed E-state index contributed by atoms with van der Waals surface area (Å²) < 4.78 is 45.0. The number of likely N-dealkylation sites (N-methyl/N-ethyl adjacent to an activating group) is 1. The van der Waals surface area contributed by atoms with E-state index in [4.69, 9.17) is 28.4 Å². The lowest BCUT2D eigenvalue weighted by atomic mass is 10.3. The molecule has 10 heteroatoms. The second-order valence-electron chi connectivity index (χ2n) is 7.35. The van der Waals surface area contributed by atoms with Gasteiger partial charge in [0.2, 0.25) is 6.41 Å². The predicted octanol–water partition coefficient (Wildman–Crippen LogP) is 1.44. The maximum atomic E-state index is 13.1. The molecule has 0 fully saturated rings. The number of hydrogen-bond donors (Lipinski definition) is 2. The van der Waals surface area contributed by atoms with Gasteiger partial charge in [-0.2, -0.15) is 0 Å². The molecule has 0 radical (unpaired) electrons. The summed E-state index contributed by atoms with van der Waals surface area (Å²) in [6.45, 7) is 15.7. The molecule has 0 heterocycles. The minimum atomic E-state index is -1.21. The van der Waals surface area contributed by atoms with Crippen LogP contribution in [-0.4, -0.2) is 111 Å². The van der Waals surface area contributed by atoms with Crippen LogP contribution in [0.1, 0.15) is 27.7 Å². The third kappa shape index (κ3) is 36.5. The predicted molar refractivity (Wildman–Crippen MR) is 123 cm³/mol. The van der Waals surface area contributed by atoms with Crippen molar-refractivity contribution in [2.24, 2.45) is 5.92 Å². The maximum Gasteiger partial charge on any atom is 0.207 e. The van der Waals surface area contributed by atoms with Crippen molar-refractivity contribution >= 4 is 6.41 Å². The average molecular weight is 471 g/mol. The number of carbonyl (C=O) groups is 1. The first-order valence-electron chi connectivity index (χ1n) is 11.5. The topological polar surface area (TPSA) is 96.5 Å². The summed E-state index contributed by atoms with van der Waals surface area (Å²) in [6, 6.07) is 0. The fraction of sp³-hybridized carbons (Fsp3) is 0.955. The quantitative estimate of drug-likeness (QED) is 0.162. The highest BCUT2D eigenvalue weighted by molar-refractivity contribution is 5.45. The molecular formula is C22H47FN2O7. The largest absolute Gasteiger partial charge is 0.378 e. The molecule has 0 aromatic heterocycles. The summed E-state index contributed by atoms with van der Waals surface area (Å²) in [7, 11) is 0. The zero-order valence-electron chi connectivity index (χ0n) is 20.6. The van der Waals surface area contributed by atoms with Crippen LogP contribution in [-0.2, 0) is 33.2 Å². The van der Waals surface area contributed by atoms with Gasteiger partial charge in [-0.1, -0.05) is 27.7 Å². The maximum absolute atomic E-state index is 13.1. The molecule has 0 aliphatic carbocycles. The lowest BCUT2D eigenvalue weighted by molar-refractivity contribution is -0.109. The third-order valence-corrected chi connectivity index (χ3v) is 3.25. The van der Waals surface area contributed by atoms with Crippen LogP contribution in [0.25, 0.3) is 0 Å². The molecule has 0 saturated heterocycles. The van der Waals surface area contributed by atoms with Crippen molar-refractivity contribution in [2.45, 2.75) is 33.9 Å². The van der Waals surface area contributed by atoms with Crippen molar-refractivity contribution in [1.82, 2.24) is 10.6 Å². The lowest BCUT2D eigenvalue weighted by Gasteiger charge is -2.09. The van der Waals surface area contributed by atoms with Crippen LogP contribution in [0.5, 0.6) is 0 Å². The van der Waals surface area contributed by atoms with E-state index in [-0.39, 0.29) is 13.2 Å². The van der Waals surface area contributed by atoms with Crippen LogP contribution in [0, 0.1) is 5.92 Å². The number of nitrogens with one attached hydrogen (secondary N) is 2. The summed E-state index contributed by atoms with van der Waals surface area (Å²) in [5, 5.41) is 5.43. The normalized spacial score (nSPS) is 11.8. The molecule has 0 aliphatic heterocycles. The van der Waals surface area contributed by atoms with Crippen molar-refractivity contribution in [3.8, 4) is 0 Å². The molecule has 0 aromatic carbocycles. The molecule has 0 aromatic rings. The second kappa shape index (κ2) is 30.1. The van der Waals surface area contributed by atoms with E-state index >= 15 is 0 Å². The number of carbonyl (C=O) groups excluding carboxylic acids is 1. The Kier molecular flexibility index (Phi) is 31.3. The van der Waals surface area contributed by atoms with E-state index in [1.54, 1.807) is 0 Å². The van der Waals surface area contributed by atoms with Crippen LogP contribution < -0.4 is 10.6 Å². The van der Waals surface area contributed by atoms with Gasteiger partial charge in [0.1, 0.15) is 6.17 Å². The van der Waals surface area contributed by atoms with E-state index in [9.17, 15) is 9.18 Å². The molecular weight excluding hydrogens is 423 g/mol. The zero-order valence-corrected chi connectivity index (χ0v) is 20.6. The Morgan fingerprint density at radius 2 is 1.09 bits per heavy atom. The van der Waals surface area contributed by atoms with Crippen molar-refractivity contribution in [2.75, 3.05) is 98.9 Å². The molecule has 194 valence electrons. The fourth-order valence-corrected chi connectivity index (χ4v) is 1.87. The Balaban J connectivity index is 0. The lowest BCUT2D eigenvalue weighted by Crippen LogP contribution is -2.26. The van der Waals surface area contributed by atoms with Crippen molar-refractivity contribution < 1.29 is 37.6 Å². The Hall–Kier alpha value is -0.880. The Morgan fingerprint density at radius 1 is 0.719 bits per heavy atom. The first kappa shape index (κ1) is 33.3. The first-order valence-corrected chi connectivity index (χ1v) is 11.5. The van der Waals surface area contributed by atoms with E-state index in [1.807, 2.05) is 0 Å². The van der Waals surface area contributed by atoms with E-state index in [1.165, 1.54) is 0 Å². The van der Waals surface area contributed by atoms with Crippen molar-refractivity contribution in [1.29, 1.82) is 0 Å². The smallest absolute Gasteiger partial charge is 0.207 e. The van der Waals surface area contributed by atoms with Gasteiger partial charge in [0, 0.05) is 6.54 Å². The van der Waals surface area contributed by atoms with Gasteiger partial charge in [-0.3, -0.25) is 4.79 Å². The summed E-state index contributed by atoms with van der Waals surface area (Å²) in [4.78, 5) is 10.00. The van der Waals surface area contributed by atoms with Crippen molar-refractivity contribution in [3.63, 3.8) is 0 Å². The minimum absolute atomic E-state index is 0.0438. The number of halogens is 1. The third-order valence-electron chi connectivity index (χ3n) is 3.25. The van der Waals surface area contributed by atoms with Crippen molar-refractivity contribution in [3.05, 3.63) is 0 Å². The van der Waals surface area contributed by atoms with Crippen LogP contribution in [0.2, 0.25) is 0 Å². The molecule has 1 amide bonds. The Morgan fingerprint density at radius 3 is 1.47 bits per heavy atom. The molecule has 1 atom stereocenters. The minimum Gasteiger partial charge on any atom is -0.378 e. The highest BCUT2D eigenvalue weighted by atomic mass is 19.1. The molecule has 1 unspecified atom stereocenters.